The average Bonchev–Trinajstić information content (AvgIpc) is 2.78. The molecular formula is C26H16Cl6O. The van der Waals surface area contributed by atoms with Gasteiger partial charge in [0.1, 0.15) is 11.5 Å². The van der Waals surface area contributed by atoms with Crippen molar-refractivity contribution in [3.05, 3.63) is 125 Å². The minimum absolute atomic E-state index is 0.350. The lowest BCUT2D eigenvalue weighted by Crippen LogP contribution is -1.97. The van der Waals surface area contributed by atoms with Crippen LogP contribution in [0.3, 0.4) is 0 Å². The molecule has 0 aromatic heterocycles. The summed E-state index contributed by atoms with van der Waals surface area (Å²) in [6.07, 6.45) is 1.16. The van der Waals surface area contributed by atoms with Crippen LogP contribution in [0.25, 0.3) is 0 Å². The first-order valence-electron chi connectivity index (χ1n) is 9.92. The maximum absolute atomic E-state index is 6.37. The third-order valence-corrected chi connectivity index (χ3v) is 7.44. The molecule has 0 amide bonds. The molecule has 0 saturated carbocycles. The van der Waals surface area contributed by atoms with Crippen LogP contribution >= 0.6 is 69.6 Å². The van der Waals surface area contributed by atoms with Gasteiger partial charge in [0.05, 0.1) is 30.1 Å². The third kappa shape index (κ3) is 5.92. The van der Waals surface area contributed by atoms with Crippen molar-refractivity contribution in [3.63, 3.8) is 0 Å². The van der Waals surface area contributed by atoms with Crippen LogP contribution < -0.4 is 4.74 Å². The standard InChI is InChI=1S/C26H16Cl6O/c27-19-11-15(12-20(28)25(19)31)9-17-5-1-3-7-23(17)33-24-8-4-2-6-18(24)10-16-13-21(29)26(32)22(30)14-16/h1-8,11-14H,9-10H2. The molecule has 0 radical (unpaired) electrons. The Balaban J connectivity index is 1.62. The quantitative estimate of drug-likeness (QED) is 0.215. The highest BCUT2D eigenvalue weighted by atomic mass is 35.5. The van der Waals surface area contributed by atoms with Crippen molar-refractivity contribution in [2.75, 3.05) is 0 Å². The Labute approximate surface area is 222 Å². The summed E-state index contributed by atoms with van der Waals surface area (Å²) < 4.78 is 6.37. The Kier molecular flexibility index (Phi) is 8.02. The molecule has 0 heterocycles. The van der Waals surface area contributed by atoms with Crippen molar-refractivity contribution in [1.82, 2.24) is 0 Å². The van der Waals surface area contributed by atoms with Gasteiger partial charge in [-0.3, -0.25) is 0 Å². The first-order chi connectivity index (χ1) is 15.8. The largest absolute Gasteiger partial charge is 0.457 e. The van der Waals surface area contributed by atoms with Gasteiger partial charge >= 0.3 is 0 Å². The molecule has 0 aliphatic heterocycles. The highest BCUT2D eigenvalue weighted by molar-refractivity contribution is 6.48. The Bertz CT molecular complexity index is 1170. The second-order valence-electron chi connectivity index (χ2n) is 7.42. The van der Waals surface area contributed by atoms with Crippen molar-refractivity contribution in [1.29, 1.82) is 0 Å². The van der Waals surface area contributed by atoms with E-state index < -0.39 is 0 Å². The number of halogens is 6. The fourth-order valence-corrected chi connectivity index (χ4v) is 4.76. The molecule has 0 aliphatic rings. The zero-order valence-electron chi connectivity index (χ0n) is 17.0. The summed E-state index contributed by atoms with van der Waals surface area (Å²) in [6, 6.07) is 22.9. The van der Waals surface area contributed by atoms with Crippen LogP contribution in [0.1, 0.15) is 22.3 Å². The first-order valence-corrected chi connectivity index (χ1v) is 12.2. The molecule has 7 heteroatoms. The van der Waals surface area contributed by atoms with Crippen molar-refractivity contribution in [2.45, 2.75) is 12.8 Å². The van der Waals surface area contributed by atoms with E-state index in [-0.39, 0.29) is 0 Å². The molecule has 4 rings (SSSR count). The fraction of sp³-hybridized carbons (Fsp3) is 0.0769. The molecule has 1 nitrogen and oxygen atoms in total. The number of benzene rings is 4. The average molecular weight is 557 g/mol. The summed E-state index contributed by atoms with van der Waals surface area (Å²) in [5.74, 6) is 1.47. The molecule has 0 fully saturated rings. The summed E-state index contributed by atoms with van der Waals surface area (Å²) in [6.45, 7) is 0. The van der Waals surface area contributed by atoms with Gasteiger partial charge < -0.3 is 4.74 Å². The van der Waals surface area contributed by atoms with Gasteiger partial charge in [-0.1, -0.05) is 106 Å². The van der Waals surface area contributed by atoms with Crippen LogP contribution in [0.15, 0.2) is 72.8 Å². The van der Waals surface area contributed by atoms with Crippen molar-refractivity contribution >= 4 is 69.6 Å². The summed E-state index contributed by atoms with van der Waals surface area (Å²) in [7, 11) is 0. The molecule has 0 atom stereocenters. The molecular weight excluding hydrogens is 541 g/mol. The SMILES string of the molecule is Clc1cc(Cc2ccccc2Oc2ccccc2Cc2cc(Cl)c(Cl)c(Cl)c2)cc(Cl)c1Cl. The second kappa shape index (κ2) is 10.8. The number of ether oxygens (including phenoxy) is 1. The Morgan fingerprint density at radius 3 is 1.18 bits per heavy atom. The van der Waals surface area contributed by atoms with E-state index in [0.29, 0.717) is 43.0 Å². The second-order valence-corrected chi connectivity index (χ2v) is 9.80. The monoisotopic (exact) mass is 554 g/mol. The van der Waals surface area contributed by atoms with E-state index in [1.165, 1.54) is 0 Å². The van der Waals surface area contributed by atoms with Gasteiger partial charge in [0, 0.05) is 12.8 Å². The summed E-state index contributed by atoms with van der Waals surface area (Å²) in [5.41, 5.74) is 3.84. The lowest BCUT2D eigenvalue weighted by Gasteiger charge is -2.15. The van der Waals surface area contributed by atoms with Gasteiger partial charge in [-0.05, 0) is 58.7 Å². The van der Waals surface area contributed by atoms with Crippen LogP contribution in [0.2, 0.25) is 30.1 Å². The summed E-state index contributed by atoms with van der Waals surface area (Å²) in [5, 5.41) is 2.38. The van der Waals surface area contributed by atoms with Crippen molar-refractivity contribution < 1.29 is 4.74 Å². The Morgan fingerprint density at radius 1 is 0.485 bits per heavy atom. The molecule has 168 valence electrons. The maximum Gasteiger partial charge on any atom is 0.130 e. The van der Waals surface area contributed by atoms with E-state index in [0.717, 1.165) is 33.8 Å². The number of hydrogen-bond acceptors (Lipinski definition) is 1. The molecule has 0 aliphatic carbocycles. The van der Waals surface area contributed by atoms with Gasteiger partial charge in [0.25, 0.3) is 0 Å². The van der Waals surface area contributed by atoms with Crippen molar-refractivity contribution in [3.8, 4) is 11.5 Å². The third-order valence-electron chi connectivity index (χ3n) is 5.04. The molecule has 0 N–H and O–H groups in total. The van der Waals surface area contributed by atoms with Gasteiger partial charge in [0.15, 0.2) is 0 Å². The predicted molar refractivity (Wildman–Crippen MR) is 142 cm³/mol. The smallest absolute Gasteiger partial charge is 0.130 e. The van der Waals surface area contributed by atoms with E-state index >= 15 is 0 Å². The normalized spacial score (nSPS) is 11.0. The topological polar surface area (TPSA) is 9.23 Å². The van der Waals surface area contributed by atoms with Crippen LogP contribution in [0.4, 0.5) is 0 Å². The molecule has 4 aromatic rings. The lowest BCUT2D eigenvalue weighted by molar-refractivity contribution is 0.472. The fourth-order valence-electron chi connectivity index (χ4n) is 3.48. The Hall–Kier alpha value is -1.58. The first kappa shape index (κ1) is 24.5. The zero-order chi connectivity index (χ0) is 23.5. The van der Waals surface area contributed by atoms with E-state index in [9.17, 15) is 0 Å². The number of hydrogen-bond donors (Lipinski definition) is 0. The predicted octanol–water partition coefficient (Wildman–Crippen LogP) is 10.6. The molecule has 0 saturated heterocycles. The summed E-state index contributed by atoms with van der Waals surface area (Å²) >= 11 is 37.0. The summed E-state index contributed by atoms with van der Waals surface area (Å²) in [4.78, 5) is 0. The Morgan fingerprint density at radius 2 is 0.818 bits per heavy atom. The molecule has 0 bridgehead atoms. The van der Waals surface area contributed by atoms with Gasteiger partial charge in [-0.25, -0.2) is 0 Å². The molecule has 0 unspecified atom stereocenters. The number of rotatable bonds is 6. The van der Waals surface area contributed by atoms with Crippen LogP contribution in [-0.2, 0) is 12.8 Å². The van der Waals surface area contributed by atoms with E-state index in [2.05, 4.69) is 0 Å². The minimum Gasteiger partial charge on any atom is -0.457 e. The van der Waals surface area contributed by atoms with E-state index in [1.807, 2.05) is 72.8 Å². The van der Waals surface area contributed by atoms with E-state index in [1.54, 1.807) is 0 Å². The minimum atomic E-state index is 0.350. The molecule has 33 heavy (non-hydrogen) atoms. The highest BCUT2D eigenvalue weighted by Gasteiger charge is 2.13. The number of para-hydroxylation sites is 2. The highest BCUT2D eigenvalue weighted by Crippen LogP contribution is 2.36. The van der Waals surface area contributed by atoms with Crippen LogP contribution in [0, 0.1) is 0 Å². The maximum atomic E-state index is 6.37. The molecule has 4 aromatic carbocycles. The van der Waals surface area contributed by atoms with E-state index in [4.69, 9.17) is 74.3 Å². The van der Waals surface area contributed by atoms with Crippen molar-refractivity contribution in [2.24, 2.45) is 0 Å². The molecule has 0 spiro atoms. The van der Waals surface area contributed by atoms with Gasteiger partial charge in [0.2, 0.25) is 0 Å². The van der Waals surface area contributed by atoms with Gasteiger partial charge in [-0.15, -0.1) is 0 Å². The zero-order valence-corrected chi connectivity index (χ0v) is 21.6. The lowest BCUT2D eigenvalue weighted by atomic mass is 10.0. The van der Waals surface area contributed by atoms with Gasteiger partial charge in [-0.2, -0.15) is 0 Å². The van der Waals surface area contributed by atoms with Crippen LogP contribution in [0.5, 0.6) is 11.5 Å². The van der Waals surface area contributed by atoms with Crippen LogP contribution in [-0.4, -0.2) is 0 Å².